The van der Waals surface area contributed by atoms with E-state index in [0.29, 0.717) is 5.02 Å². The highest BCUT2D eigenvalue weighted by Gasteiger charge is 2.47. The molecule has 5 heterocycles. The number of ether oxygens (including phenoxy) is 1. The van der Waals surface area contributed by atoms with Gasteiger partial charge < -0.3 is 15.4 Å². The molecule has 1 spiro atoms. The molecule has 2 aliphatic heterocycles. The van der Waals surface area contributed by atoms with E-state index >= 15 is 0 Å². The van der Waals surface area contributed by atoms with Gasteiger partial charge in [0.2, 0.25) is 5.95 Å². The Morgan fingerprint density at radius 3 is 2.80 bits per heavy atom. The van der Waals surface area contributed by atoms with Crippen molar-refractivity contribution in [1.82, 2.24) is 24.6 Å². The molecule has 2 aliphatic rings. The second-order valence-electron chi connectivity index (χ2n) is 8.15. The van der Waals surface area contributed by atoms with Gasteiger partial charge in [0.1, 0.15) is 6.33 Å². The molecule has 0 unspecified atom stereocenters. The molecule has 2 fully saturated rings. The van der Waals surface area contributed by atoms with Crippen molar-refractivity contribution in [2.24, 2.45) is 11.1 Å². The highest BCUT2D eigenvalue weighted by molar-refractivity contribution is 7.99. The number of aromatic nitrogens is 5. The van der Waals surface area contributed by atoms with E-state index in [4.69, 9.17) is 27.1 Å². The van der Waals surface area contributed by atoms with E-state index in [9.17, 15) is 0 Å². The maximum Gasteiger partial charge on any atom is 0.212 e. The minimum absolute atomic E-state index is 0.0773. The van der Waals surface area contributed by atoms with Crippen molar-refractivity contribution in [3.8, 4) is 0 Å². The Kier molecular flexibility index (Phi) is 5.09. The van der Waals surface area contributed by atoms with E-state index in [-0.39, 0.29) is 17.6 Å². The van der Waals surface area contributed by atoms with Crippen LogP contribution < -0.4 is 10.6 Å². The fourth-order valence-corrected chi connectivity index (χ4v) is 5.61. The molecule has 30 heavy (non-hydrogen) atoms. The van der Waals surface area contributed by atoms with Crippen molar-refractivity contribution in [2.75, 3.05) is 24.6 Å². The van der Waals surface area contributed by atoms with Crippen LogP contribution >= 0.6 is 23.4 Å². The Bertz CT molecular complexity index is 1080. The minimum atomic E-state index is 0.0773. The third-order valence-corrected chi connectivity index (χ3v) is 8.07. The fraction of sp³-hybridized carbons (Fsp3) is 0.500. The van der Waals surface area contributed by atoms with E-state index in [2.05, 4.69) is 27.0 Å². The Morgan fingerprint density at radius 2 is 2.07 bits per heavy atom. The molecule has 158 valence electrons. The molecule has 0 bridgehead atoms. The van der Waals surface area contributed by atoms with Crippen LogP contribution in [0.2, 0.25) is 5.02 Å². The molecule has 0 aromatic carbocycles. The van der Waals surface area contributed by atoms with Crippen molar-refractivity contribution in [3.63, 3.8) is 0 Å². The number of aryl methyl sites for hydroxylation is 1. The Hall–Kier alpha value is -1.94. The van der Waals surface area contributed by atoms with Crippen LogP contribution in [0.5, 0.6) is 0 Å². The lowest BCUT2D eigenvalue weighted by molar-refractivity contribution is 0.0973. The predicted molar refractivity (Wildman–Crippen MR) is 116 cm³/mol. The summed E-state index contributed by atoms with van der Waals surface area (Å²) in [4.78, 5) is 13.1. The summed E-state index contributed by atoms with van der Waals surface area (Å²) in [7, 11) is 0. The first-order valence-corrected chi connectivity index (χ1v) is 11.3. The third kappa shape index (κ3) is 3.24. The fourth-order valence-electron chi connectivity index (χ4n) is 4.44. The Labute approximate surface area is 184 Å². The van der Waals surface area contributed by atoms with Crippen LogP contribution in [-0.4, -0.2) is 56.4 Å². The summed E-state index contributed by atoms with van der Waals surface area (Å²) in [6.45, 7) is 6.48. The molecule has 0 radical (unpaired) electrons. The van der Waals surface area contributed by atoms with Crippen molar-refractivity contribution in [2.45, 2.75) is 48.6 Å². The SMILES string of the molecule is Cc1nccc(Sc2cnc(N3CCC4(CC3)CO[C@@H](C)[C@H]4N)n3cnnc23)c1Cl. The van der Waals surface area contributed by atoms with E-state index in [1.165, 1.54) is 11.8 Å². The number of nitrogens with zero attached hydrogens (tertiary/aromatic N) is 6. The number of hydrogen-bond donors (Lipinski definition) is 1. The van der Waals surface area contributed by atoms with Crippen LogP contribution in [-0.2, 0) is 4.74 Å². The summed E-state index contributed by atoms with van der Waals surface area (Å²) in [5.41, 5.74) is 8.11. The molecule has 2 atom stereocenters. The van der Waals surface area contributed by atoms with Gasteiger partial charge in [-0.3, -0.25) is 4.98 Å². The van der Waals surface area contributed by atoms with E-state index in [0.717, 1.165) is 59.6 Å². The number of nitrogens with two attached hydrogens (primary N) is 1. The summed E-state index contributed by atoms with van der Waals surface area (Å²) in [5, 5.41) is 9.13. The van der Waals surface area contributed by atoms with Crippen LogP contribution in [0.15, 0.2) is 34.6 Å². The van der Waals surface area contributed by atoms with Crippen LogP contribution in [0, 0.1) is 12.3 Å². The molecule has 0 saturated carbocycles. The number of rotatable bonds is 3. The maximum absolute atomic E-state index is 6.46. The molecule has 5 rings (SSSR count). The van der Waals surface area contributed by atoms with Crippen LogP contribution in [0.4, 0.5) is 5.95 Å². The van der Waals surface area contributed by atoms with Gasteiger partial charge in [-0.2, -0.15) is 0 Å². The second-order valence-corrected chi connectivity index (χ2v) is 9.61. The molecule has 2 N–H and O–H groups in total. The van der Waals surface area contributed by atoms with E-state index in [1.807, 2.05) is 23.6 Å². The number of piperidine rings is 1. The molecule has 3 aromatic heterocycles. The molecule has 0 amide bonds. The van der Waals surface area contributed by atoms with Gasteiger partial charge in [0.25, 0.3) is 0 Å². The molecule has 0 aliphatic carbocycles. The van der Waals surface area contributed by atoms with Crippen LogP contribution in [0.3, 0.4) is 0 Å². The number of hydrogen-bond acceptors (Lipinski definition) is 8. The summed E-state index contributed by atoms with van der Waals surface area (Å²) >= 11 is 7.95. The summed E-state index contributed by atoms with van der Waals surface area (Å²) in [6.07, 6.45) is 7.44. The van der Waals surface area contributed by atoms with Gasteiger partial charge in [-0.05, 0) is 32.8 Å². The average Bonchev–Trinajstić information content (AvgIpc) is 3.35. The van der Waals surface area contributed by atoms with Gasteiger partial charge in [-0.25, -0.2) is 9.38 Å². The van der Waals surface area contributed by atoms with Crippen molar-refractivity contribution in [3.05, 3.63) is 35.5 Å². The lowest BCUT2D eigenvalue weighted by Gasteiger charge is -2.41. The lowest BCUT2D eigenvalue weighted by Crippen LogP contribution is -2.51. The van der Waals surface area contributed by atoms with Gasteiger partial charge in [0.15, 0.2) is 5.65 Å². The highest BCUT2D eigenvalue weighted by atomic mass is 35.5. The van der Waals surface area contributed by atoms with Crippen molar-refractivity contribution < 1.29 is 4.74 Å². The predicted octanol–water partition coefficient (Wildman–Crippen LogP) is 2.96. The van der Waals surface area contributed by atoms with Gasteiger partial charge in [-0.1, -0.05) is 23.4 Å². The molecular formula is C20H24ClN7OS. The topological polar surface area (TPSA) is 94.5 Å². The van der Waals surface area contributed by atoms with E-state index in [1.54, 1.807) is 12.5 Å². The van der Waals surface area contributed by atoms with Gasteiger partial charge >= 0.3 is 0 Å². The molecule has 3 aromatic rings. The first-order valence-electron chi connectivity index (χ1n) is 10.1. The summed E-state index contributed by atoms with van der Waals surface area (Å²) in [5.74, 6) is 0.853. The number of pyridine rings is 1. The smallest absolute Gasteiger partial charge is 0.212 e. The summed E-state index contributed by atoms with van der Waals surface area (Å²) < 4.78 is 7.80. The quantitative estimate of drug-likeness (QED) is 0.657. The van der Waals surface area contributed by atoms with Crippen LogP contribution in [0.25, 0.3) is 5.65 Å². The third-order valence-electron chi connectivity index (χ3n) is 6.42. The second kappa shape index (κ2) is 7.64. The molecular weight excluding hydrogens is 422 g/mol. The molecule has 2 saturated heterocycles. The van der Waals surface area contributed by atoms with Crippen molar-refractivity contribution in [1.29, 1.82) is 0 Å². The lowest BCUT2D eigenvalue weighted by atomic mass is 9.73. The normalized spacial score (nSPS) is 23.5. The average molecular weight is 446 g/mol. The van der Waals surface area contributed by atoms with Gasteiger partial charge in [0.05, 0.1) is 28.3 Å². The Balaban J connectivity index is 1.40. The zero-order valence-corrected chi connectivity index (χ0v) is 18.5. The first-order chi connectivity index (χ1) is 14.5. The number of halogens is 1. The largest absolute Gasteiger partial charge is 0.376 e. The maximum atomic E-state index is 6.46. The number of fused-ring (bicyclic) bond motifs is 1. The minimum Gasteiger partial charge on any atom is -0.376 e. The van der Waals surface area contributed by atoms with Crippen LogP contribution in [0.1, 0.15) is 25.5 Å². The first kappa shape index (κ1) is 20.0. The standard InChI is InChI=1S/C20H24ClN7OS/c1-12-16(21)14(3-6-23-12)30-15-9-24-19(28-11-25-26-18(15)28)27-7-4-20(5-8-27)10-29-13(2)17(20)22/h3,6,9,11,13,17H,4-5,7-8,10,22H2,1-2H3/t13-,17+/m0/s1. The monoisotopic (exact) mass is 445 g/mol. The van der Waals surface area contributed by atoms with Gasteiger partial charge in [-0.15, -0.1) is 10.2 Å². The zero-order valence-electron chi connectivity index (χ0n) is 17.0. The zero-order chi connectivity index (χ0) is 20.9. The highest BCUT2D eigenvalue weighted by Crippen LogP contribution is 2.42. The number of anilines is 1. The summed E-state index contributed by atoms with van der Waals surface area (Å²) in [6, 6.07) is 1.99. The van der Waals surface area contributed by atoms with Gasteiger partial charge in [0, 0.05) is 41.8 Å². The molecule has 8 nitrogen and oxygen atoms in total. The molecule has 10 heteroatoms. The Morgan fingerprint density at radius 1 is 1.27 bits per heavy atom. The van der Waals surface area contributed by atoms with E-state index < -0.39 is 0 Å². The van der Waals surface area contributed by atoms with Crippen molar-refractivity contribution >= 4 is 35.0 Å².